The lowest BCUT2D eigenvalue weighted by atomic mass is 10.1. The van der Waals surface area contributed by atoms with Crippen LogP contribution in [-0.4, -0.2) is 50.3 Å². The molecule has 0 atom stereocenters. The normalized spacial score (nSPS) is 17.5. The summed E-state index contributed by atoms with van der Waals surface area (Å²) in [4.78, 5) is 16.4. The van der Waals surface area contributed by atoms with E-state index in [9.17, 15) is 9.18 Å². The first kappa shape index (κ1) is 17.1. The molecular weight excluding hydrogens is 333 g/mol. The van der Waals surface area contributed by atoms with E-state index in [2.05, 4.69) is 15.2 Å². The Bertz CT molecular complexity index is 784. The standard InChI is InChI=1S/C19H24FN5O/c20-16-6-2-1-5-15(16)13-23-11-12-25-18(14-23)17(21-22-25)7-8-19(26)24-9-3-4-10-24/h1-2,5-6H,3-4,7-14H2. The minimum absolute atomic E-state index is 0.166. The SMILES string of the molecule is O=C(CCc1nnn2c1CN(Cc1ccccc1F)CC2)N1CCCC1. The van der Waals surface area contributed by atoms with Crippen LogP contribution >= 0.6 is 0 Å². The fourth-order valence-electron chi connectivity index (χ4n) is 3.79. The van der Waals surface area contributed by atoms with E-state index in [0.29, 0.717) is 31.5 Å². The molecule has 4 rings (SSSR count). The molecule has 26 heavy (non-hydrogen) atoms. The number of halogens is 1. The van der Waals surface area contributed by atoms with Gasteiger partial charge in [-0.2, -0.15) is 0 Å². The first-order valence-corrected chi connectivity index (χ1v) is 9.35. The van der Waals surface area contributed by atoms with Gasteiger partial charge in [0.15, 0.2) is 0 Å². The van der Waals surface area contributed by atoms with E-state index in [1.54, 1.807) is 6.07 Å². The molecule has 1 aromatic heterocycles. The number of fused-ring (bicyclic) bond motifs is 1. The lowest BCUT2D eigenvalue weighted by Crippen LogP contribution is -2.34. The molecule has 0 unspecified atom stereocenters. The molecule has 0 radical (unpaired) electrons. The van der Waals surface area contributed by atoms with Crippen LogP contribution in [0.4, 0.5) is 4.39 Å². The van der Waals surface area contributed by atoms with Crippen LogP contribution in [0.2, 0.25) is 0 Å². The predicted molar refractivity (Wildman–Crippen MR) is 94.7 cm³/mol. The third kappa shape index (κ3) is 3.62. The fourth-order valence-corrected chi connectivity index (χ4v) is 3.79. The van der Waals surface area contributed by atoms with Crippen LogP contribution in [0.3, 0.4) is 0 Å². The first-order chi connectivity index (χ1) is 12.7. The molecule has 0 saturated carbocycles. The van der Waals surface area contributed by atoms with Crippen molar-refractivity contribution in [3.63, 3.8) is 0 Å². The van der Waals surface area contributed by atoms with Crippen LogP contribution in [0.25, 0.3) is 0 Å². The molecule has 1 saturated heterocycles. The molecule has 138 valence electrons. The first-order valence-electron chi connectivity index (χ1n) is 9.35. The second-order valence-corrected chi connectivity index (χ2v) is 7.10. The monoisotopic (exact) mass is 357 g/mol. The summed E-state index contributed by atoms with van der Waals surface area (Å²) >= 11 is 0. The molecule has 2 aliphatic rings. The quantitative estimate of drug-likeness (QED) is 0.821. The Hall–Kier alpha value is -2.28. The van der Waals surface area contributed by atoms with E-state index < -0.39 is 0 Å². The number of carbonyl (C=O) groups excluding carboxylic acids is 1. The smallest absolute Gasteiger partial charge is 0.222 e. The number of rotatable bonds is 5. The molecule has 6 nitrogen and oxygen atoms in total. The topological polar surface area (TPSA) is 54.3 Å². The molecule has 0 spiro atoms. The van der Waals surface area contributed by atoms with E-state index in [1.807, 2.05) is 21.7 Å². The van der Waals surface area contributed by atoms with E-state index in [-0.39, 0.29) is 11.7 Å². The maximum Gasteiger partial charge on any atom is 0.222 e. The lowest BCUT2D eigenvalue weighted by Gasteiger charge is -2.27. The van der Waals surface area contributed by atoms with Gasteiger partial charge in [-0.1, -0.05) is 23.4 Å². The average Bonchev–Trinajstić information content (AvgIpc) is 3.31. The Labute approximate surface area is 152 Å². The van der Waals surface area contributed by atoms with Gasteiger partial charge < -0.3 is 4.90 Å². The van der Waals surface area contributed by atoms with Crippen LogP contribution in [0, 0.1) is 5.82 Å². The molecule has 0 N–H and O–H groups in total. The van der Waals surface area contributed by atoms with Crippen molar-refractivity contribution in [2.45, 2.75) is 45.3 Å². The fraction of sp³-hybridized carbons (Fsp3) is 0.526. The van der Waals surface area contributed by atoms with Crippen LogP contribution in [0.1, 0.15) is 36.2 Å². The molecule has 2 aliphatic heterocycles. The zero-order valence-electron chi connectivity index (χ0n) is 14.9. The van der Waals surface area contributed by atoms with Crippen molar-refractivity contribution in [2.75, 3.05) is 19.6 Å². The Kier molecular flexibility index (Phi) is 4.97. The number of aryl methyl sites for hydroxylation is 1. The third-order valence-electron chi connectivity index (χ3n) is 5.31. The van der Waals surface area contributed by atoms with Gasteiger partial charge in [-0.3, -0.25) is 9.69 Å². The number of hydrogen-bond acceptors (Lipinski definition) is 4. The van der Waals surface area contributed by atoms with E-state index in [0.717, 1.165) is 50.4 Å². The average molecular weight is 357 g/mol. The predicted octanol–water partition coefficient (Wildman–Crippen LogP) is 1.99. The maximum absolute atomic E-state index is 13.9. The minimum Gasteiger partial charge on any atom is -0.343 e. The Morgan fingerprint density at radius 1 is 1.12 bits per heavy atom. The van der Waals surface area contributed by atoms with Crippen molar-refractivity contribution in [2.24, 2.45) is 0 Å². The van der Waals surface area contributed by atoms with Gasteiger partial charge >= 0.3 is 0 Å². The van der Waals surface area contributed by atoms with Crippen molar-refractivity contribution < 1.29 is 9.18 Å². The van der Waals surface area contributed by atoms with Crippen molar-refractivity contribution in [1.29, 1.82) is 0 Å². The summed E-state index contributed by atoms with van der Waals surface area (Å²) in [5.41, 5.74) is 2.66. The van der Waals surface area contributed by atoms with Gasteiger partial charge in [0.1, 0.15) is 5.82 Å². The highest BCUT2D eigenvalue weighted by Gasteiger charge is 2.24. The van der Waals surface area contributed by atoms with Crippen molar-refractivity contribution >= 4 is 5.91 Å². The number of aromatic nitrogens is 3. The Balaban J connectivity index is 1.39. The highest BCUT2D eigenvalue weighted by molar-refractivity contribution is 5.76. The number of hydrogen-bond donors (Lipinski definition) is 0. The lowest BCUT2D eigenvalue weighted by molar-refractivity contribution is -0.130. The Morgan fingerprint density at radius 3 is 2.73 bits per heavy atom. The minimum atomic E-state index is -0.166. The second kappa shape index (κ2) is 7.53. The summed E-state index contributed by atoms with van der Waals surface area (Å²) in [6.07, 6.45) is 3.33. The largest absolute Gasteiger partial charge is 0.343 e. The molecule has 0 bridgehead atoms. The molecule has 1 fully saturated rings. The number of amides is 1. The highest BCUT2D eigenvalue weighted by atomic mass is 19.1. The van der Waals surface area contributed by atoms with E-state index in [4.69, 9.17) is 0 Å². The summed E-state index contributed by atoms with van der Waals surface area (Å²) in [7, 11) is 0. The van der Waals surface area contributed by atoms with Crippen LogP contribution < -0.4 is 0 Å². The van der Waals surface area contributed by atoms with Crippen molar-refractivity contribution in [3.05, 3.63) is 47.0 Å². The second-order valence-electron chi connectivity index (χ2n) is 7.10. The number of nitrogens with zero attached hydrogens (tertiary/aromatic N) is 5. The van der Waals surface area contributed by atoms with Crippen LogP contribution in [0.15, 0.2) is 24.3 Å². The Morgan fingerprint density at radius 2 is 1.92 bits per heavy atom. The summed E-state index contributed by atoms with van der Waals surface area (Å²) in [5.74, 6) is 0.0458. The van der Waals surface area contributed by atoms with Gasteiger partial charge in [0.25, 0.3) is 0 Å². The van der Waals surface area contributed by atoms with Gasteiger partial charge in [-0.15, -0.1) is 5.10 Å². The third-order valence-corrected chi connectivity index (χ3v) is 5.31. The zero-order chi connectivity index (χ0) is 17.9. The maximum atomic E-state index is 13.9. The van der Waals surface area contributed by atoms with Crippen molar-refractivity contribution in [1.82, 2.24) is 24.8 Å². The van der Waals surface area contributed by atoms with Crippen LogP contribution in [0.5, 0.6) is 0 Å². The molecule has 1 aromatic carbocycles. The van der Waals surface area contributed by atoms with E-state index >= 15 is 0 Å². The molecule has 7 heteroatoms. The summed E-state index contributed by atoms with van der Waals surface area (Å²) in [6.45, 7) is 4.59. The number of likely N-dealkylation sites (tertiary alicyclic amines) is 1. The van der Waals surface area contributed by atoms with E-state index in [1.165, 1.54) is 6.07 Å². The molecular formula is C19H24FN5O. The van der Waals surface area contributed by atoms with Crippen molar-refractivity contribution in [3.8, 4) is 0 Å². The highest BCUT2D eigenvalue weighted by Crippen LogP contribution is 2.20. The van der Waals surface area contributed by atoms with Gasteiger partial charge in [-0.05, 0) is 18.9 Å². The van der Waals surface area contributed by atoms with Gasteiger partial charge in [0.2, 0.25) is 5.91 Å². The molecule has 3 heterocycles. The summed E-state index contributed by atoms with van der Waals surface area (Å²) in [6, 6.07) is 6.91. The summed E-state index contributed by atoms with van der Waals surface area (Å²) in [5, 5.41) is 8.53. The van der Waals surface area contributed by atoms with Gasteiger partial charge in [0, 0.05) is 51.1 Å². The van der Waals surface area contributed by atoms with Gasteiger partial charge in [0.05, 0.1) is 17.9 Å². The van der Waals surface area contributed by atoms with Crippen LogP contribution in [-0.2, 0) is 30.8 Å². The number of carbonyl (C=O) groups is 1. The molecule has 1 amide bonds. The molecule has 0 aliphatic carbocycles. The number of benzene rings is 1. The zero-order valence-corrected chi connectivity index (χ0v) is 14.9. The van der Waals surface area contributed by atoms with Gasteiger partial charge in [-0.25, -0.2) is 9.07 Å². The molecule has 2 aromatic rings. The summed E-state index contributed by atoms with van der Waals surface area (Å²) < 4.78 is 15.8.